The summed E-state index contributed by atoms with van der Waals surface area (Å²) in [4.78, 5) is 29.1. The molecule has 0 aromatic carbocycles. The van der Waals surface area contributed by atoms with Gasteiger partial charge in [-0.05, 0) is 20.8 Å². The summed E-state index contributed by atoms with van der Waals surface area (Å²) in [6.07, 6.45) is 0. The van der Waals surface area contributed by atoms with Gasteiger partial charge in [-0.15, -0.1) is 0 Å². The maximum atomic E-state index is 9.69. The lowest BCUT2D eigenvalue weighted by Gasteiger charge is -1.73. The molecule has 0 fully saturated rings. The number of hydrogen-bond acceptors (Lipinski definition) is 8. The maximum Gasteiger partial charge on any atom is 0.394 e. The Kier molecular flexibility index (Phi) is 24.1. The van der Waals surface area contributed by atoms with Crippen molar-refractivity contribution in [2.24, 2.45) is 17.2 Å². The Morgan fingerprint density at radius 3 is 0.800 bits per heavy atom. The summed E-state index contributed by atoms with van der Waals surface area (Å²) < 4.78 is 31.6. The molecule has 10 nitrogen and oxygen atoms in total. The highest BCUT2D eigenvalue weighted by atomic mass is 32.3. The first-order chi connectivity index (χ1) is 8.81. The van der Waals surface area contributed by atoms with Gasteiger partial charge in [0.1, 0.15) is 17.3 Å². The Bertz CT molecular complexity index is 326. The number of carbonyl (C=O) groups excluding carboxylic acids is 3. The van der Waals surface area contributed by atoms with E-state index >= 15 is 0 Å². The molecular weight excluding hydrogens is 294 g/mol. The van der Waals surface area contributed by atoms with E-state index in [-0.39, 0.29) is 37.0 Å². The summed E-state index contributed by atoms with van der Waals surface area (Å²) in [5.74, 6) is 0.0972. The summed E-state index contributed by atoms with van der Waals surface area (Å²) in [6.45, 7) is 4.88. The first-order valence-electron chi connectivity index (χ1n) is 5.10. The fourth-order valence-corrected chi connectivity index (χ4v) is 0. The molecule has 0 rings (SSSR count). The number of carbonyl (C=O) groups is 3. The van der Waals surface area contributed by atoms with E-state index in [1.807, 2.05) is 0 Å². The minimum absolute atomic E-state index is 0.0324. The predicted octanol–water partition coefficient (Wildman–Crippen LogP) is -2.05. The molecule has 0 aliphatic rings. The Morgan fingerprint density at radius 1 is 0.750 bits per heavy atom. The SMILES string of the molecule is CC(=O)CN.CC(=O)CN.CC(=O)CN.O=S(=O)(O)O. The molecule has 0 heterocycles. The molecule has 0 amide bonds. The summed E-state index contributed by atoms with van der Waals surface area (Å²) in [6, 6.07) is 0. The summed E-state index contributed by atoms with van der Waals surface area (Å²) in [5.41, 5.74) is 14.5. The molecule has 0 aromatic heterocycles. The molecule has 0 bridgehead atoms. The molecule has 0 aromatic rings. The van der Waals surface area contributed by atoms with Crippen molar-refractivity contribution < 1.29 is 31.9 Å². The standard InChI is InChI=1S/3C3H7NO.H2O4S/c3*1-3(5)2-4;1-5(2,3)4/h3*2,4H2,1H3;(H2,1,2,3,4). The molecule has 8 N–H and O–H groups in total. The summed E-state index contributed by atoms with van der Waals surface area (Å²) in [7, 11) is -4.67. The Labute approximate surface area is 118 Å². The van der Waals surface area contributed by atoms with Gasteiger partial charge in [0.25, 0.3) is 0 Å². The Morgan fingerprint density at radius 2 is 0.800 bits per heavy atom. The van der Waals surface area contributed by atoms with E-state index in [1.54, 1.807) is 0 Å². The molecule has 0 spiro atoms. The normalized spacial score (nSPS) is 8.60. The third-order valence-corrected chi connectivity index (χ3v) is 0.862. The molecule has 0 radical (unpaired) electrons. The average Bonchev–Trinajstić information content (AvgIpc) is 2.28. The van der Waals surface area contributed by atoms with Gasteiger partial charge >= 0.3 is 10.4 Å². The highest BCUT2D eigenvalue weighted by molar-refractivity contribution is 7.79. The molecule has 0 saturated carbocycles. The van der Waals surface area contributed by atoms with Crippen molar-refractivity contribution in [3.8, 4) is 0 Å². The van der Waals surface area contributed by atoms with Crippen molar-refractivity contribution in [3.63, 3.8) is 0 Å². The lowest BCUT2D eigenvalue weighted by molar-refractivity contribution is -0.116. The predicted molar refractivity (Wildman–Crippen MR) is 73.4 cm³/mol. The Hall–Kier alpha value is -1.24. The fraction of sp³-hybridized carbons (Fsp3) is 0.667. The van der Waals surface area contributed by atoms with Crippen LogP contribution in [-0.4, -0.2) is 54.5 Å². The van der Waals surface area contributed by atoms with Gasteiger partial charge in [-0.1, -0.05) is 0 Å². The van der Waals surface area contributed by atoms with Crippen LogP contribution < -0.4 is 17.2 Å². The van der Waals surface area contributed by atoms with Gasteiger partial charge in [-0.3, -0.25) is 23.5 Å². The van der Waals surface area contributed by atoms with Crippen molar-refractivity contribution >= 4 is 27.7 Å². The monoisotopic (exact) mass is 317 g/mol. The van der Waals surface area contributed by atoms with Crippen LogP contribution >= 0.6 is 0 Å². The first kappa shape index (κ1) is 27.2. The lowest BCUT2D eigenvalue weighted by Crippen LogP contribution is -2.07. The second kappa shape index (κ2) is 17.8. The van der Waals surface area contributed by atoms with Crippen molar-refractivity contribution in [2.45, 2.75) is 20.8 Å². The minimum Gasteiger partial charge on any atom is -0.324 e. The van der Waals surface area contributed by atoms with E-state index in [9.17, 15) is 14.4 Å². The molecule has 20 heavy (non-hydrogen) atoms. The van der Waals surface area contributed by atoms with Crippen LogP contribution in [0.1, 0.15) is 20.8 Å². The summed E-state index contributed by atoms with van der Waals surface area (Å²) in [5, 5.41) is 0. The van der Waals surface area contributed by atoms with Crippen molar-refractivity contribution in [1.29, 1.82) is 0 Å². The van der Waals surface area contributed by atoms with Gasteiger partial charge in [0.05, 0.1) is 19.6 Å². The smallest absolute Gasteiger partial charge is 0.324 e. The van der Waals surface area contributed by atoms with E-state index in [1.165, 1.54) is 20.8 Å². The molecule has 0 saturated heterocycles. The van der Waals surface area contributed by atoms with Gasteiger partial charge in [-0.2, -0.15) is 8.42 Å². The zero-order chi connectivity index (χ0) is 17.4. The lowest BCUT2D eigenvalue weighted by atomic mass is 10.5. The van der Waals surface area contributed by atoms with Gasteiger partial charge in [0.15, 0.2) is 0 Å². The van der Waals surface area contributed by atoms with E-state index in [4.69, 9.17) is 34.7 Å². The van der Waals surface area contributed by atoms with Crippen LogP contribution in [0.25, 0.3) is 0 Å². The molecule has 0 atom stereocenters. The van der Waals surface area contributed by atoms with E-state index in [2.05, 4.69) is 0 Å². The molecular formula is C9H23N3O7S. The molecule has 0 unspecified atom stereocenters. The molecule has 11 heteroatoms. The van der Waals surface area contributed by atoms with Crippen LogP contribution in [0.4, 0.5) is 0 Å². The zero-order valence-electron chi connectivity index (χ0n) is 11.7. The highest BCUT2D eigenvalue weighted by Gasteiger charge is 1.84. The largest absolute Gasteiger partial charge is 0.394 e. The van der Waals surface area contributed by atoms with Crippen LogP contribution in [0.5, 0.6) is 0 Å². The number of Topliss-reactive ketones (excluding diaryl/α,β-unsaturated/α-hetero) is 3. The van der Waals surface area contributed by atoms with Crippen LogP contribution in [0, 0.1) is 0 Å². The molecule has 122 valence electrons. The first-order valence-corrected chi connectivity index (χ1v) is 6.49. The number of nitrogens with two attached hydrogens (primary N) is 3. The van der Waals surface area contributed by atoms with Crippen LogP contribution in [0.15, 0.2) is 0 Å². The molecule has 0 aliphatic carbocycles. The van der Waals surface area contributed by atoms with Crippen LogP contribution in [0.2, 0.25) is 0 Å². The minimum atomic E-state index is -4.67. The third kappa shape index (κ3) is 184. The number of hydrogen-bond donors (Lipinski definition) is 5. The second-order valence-electron chi connectivity index (χ2n) is 3.17. The van der Waals surface area contributed by atoms with Crippen molar-refractivity contribution in [2.75, 3.05) is 19.6 Å². The van der Waals surface area contributed by atoms with Crippen LogP contribution in [0.3, 0.4) is 0 Å². The summed E-state index contributed by atoms with van der Waals surface area (Å²) >= 11 is 0. The van der Waals surface area contributed by atoms with Gasteiger partial charge < -0.3 is 17.2 Å². The van der Waals surface area contributed by atoms with Crippen molar-refractivity contribution in [3.05, 3.63) is 0 Å². The van der Waals surface area contributed by atoms with E-state index < -0.39 is 10.4 Å². The van der Waals surface area contributed by atoms with Crippen molar-refractivity contribution in [1.82, 2.24) is 0 Å². The average molecular weight is 317 g/mol. The van der Waals surface area contributed by atoms with Crippen LogP contribution in [-0.2, 0) is 24.8 Å². The van der Waals surface area contributed by atoms with Gasteiger partial charge in [0.2, 0.25) is 0 Å². The van der Waals surface area contributed by atoms with E-state index in [0.29, 0.717) is 0 Å². The molecule has 0 aliphatic heterocycles. The second-order valence-corrected chi connectivity index (χ2v) is 4.06. The van der Waals surface area contributed by atoms with E-state index in [0.717, 1.165) is 0 Å². The maximum absolute atomic E-state index is 9.69. The Balaban J connectivity index is -0.0000000853. The highest BCUT2D eigenvalue weighted by Crippen LogP contribution is 1.59. The topological polar surface area (TPSA) is 204 Å². The zero-order valence-corrected chi connectivity index (χ0v) is 12.5. The van der Waals surface area contributed by atoms with Gasteiger partial charge in [-0.25, -0.2) is 0 Å². The third-order valence-electron chi connectivity index (χ3n) is 0.862. The number of rotatable bonds is 3. The van der Waals surface area contributed by atoms with Gasteiger partial charge in [0, 0.05) is 0 Å². The quantitative estimate of drug-likeness (QED) is 0.360. The fourth-order valence-electron chi connectivity index (χ4n) is 0. The number of ketones is 3.